The van der Waals surface area contributed by atoms with E-state index in [1.807, 2.05) is 18.2 Å². The molecule has 2 aromatic heterocycles. The fraction of sp³-hybridized carbons (Fsp3) is 0.0455. The molecule has 5 nitrogen and oxygen atoms in total. The van der Waals surface area contributed by atoms with Gasteiger partial charge in [-0.15, -0.1) is 0 Å². The molecule has 0 aliphatic rings. The standard InChI is InChI=1S/C22H14FN3O2/c1-28-19-4-2-3-16(20(19)23)21(27)18-12-26-22-17(18)9-15(11-25-22)14-7-5-13(10-24)6-8-14/h2-9,11-12H,1H3,(H,25,26). The Hall–Kier alpha value is -3.98. The second kappa shape index (κ2) is 6.97. The number of nitrogens with zero attached hydrogens (tertiary/aromatic N) is 2. The van der Waals surface area contributed by atoms with Crippen molar-refractivity contribution in [2.24, 2.45) is 0 Å². The third-order valence-electron chi connectivity index (χ3n) is 4.55. The number of nitrogens with one attached hydrogen (secondary N) is 1. The fourth-order valence-corrected chi connectivity index (χ4v) is 3.08. The van der Waals surface area contributed by atoms with Gasteiger partial charge in [0.1, 0.15) is 5.65 Å². The van der Waals surface area contributed by atoms with Gasteiger partial charge in [-0.05, 0) is 35.9 Å². The second-order valence-electron chi connectivity index (χ2n) is 6.16. The number of aromatic nitrogens is 2. The Bertz CT molecular complexity index is 1240. The molecule has 0 saturated heterocycles. The Morgan fingerprint density at radius 2 is 1.93 bits per heavy atom. The van der Waals surface area contributed by atoms with E-state index in [9.17, 15) is 9.18 Å². The second-order valence-corrected chi connectivity index (χ2v) is 6.16. The van der Waals surface area contributed by atoms with E-state index < -0.39 is 11.6 Å². The molecule has 4 aromatic rings. The maximum Gasteiger partial charge on any atom is 0.198 e. The molecular formula is C22H14FN3O2. The van der Waals surface area contributed by atoms with E-state index in [-0.39, 0.29) is 11.3 Å². The lowest BCUT2D eigenvalue weighted by Gasteiger charge is -2.06. The first kappa shape index (κ1) is 17.4. The van der Waals surface area contributed by atoms with Gasteiger partial charge < -0.3 is 9.72 Å². The molecule has 0 amide bonds. The molecule has 28 heavy (non-hydrogen) atoms. The molecule has 4 rings (SSSR count). The van der Waals surface area contributed by atoms with Crippen LogP contribution in [0.25, 0.3) is 22.2 Å². The molecule has 0 spiro atoms. The lowest BCUT2D eigenvalue weighted by molar-refractivity contribution is 0.103. The number of ether oxygens (including phenoxy) is 1. The summed E-state index contributed by atoms with van der Waals surface area (Å²) in [5, 5.41) is 9.53. The first-order valence-corrected chi connectivity index (χ1v) is 8.47. The molecule has 2 heterocycles. The molecule has 2 aromatic carbocycles. The molecular weight excluding hydrogens is 357 g/mol. The van der Waals surface area contributed by atoms with Crippen molar-refractivity contribution >= 4 is 16.8 Å². The molecule has 0 atom stereocenters. The number of aromatic amines is 1. The van der Waals surface area contributed by atoms with Crippen molar-refractivity contribution in [3.05, 3.63) is 83.4 Å². The van der Waals surface area contributed by atoms with Crippen LogP contribution in [0.2, 0.25) is 0 Å². The third-order valence-corrected chi connectivity index (χ3v) is 4.55. The summed E-state index contributed by atoms with van der Waals surface area (Å²) in [5.74, 6) is -1.14. The zero-order chi connectivity index (χ0) is 19.7. The van der Waals surface area contributed by atoms with E-state index in [1.54, 1.807) is 24.4 Å². The molecule has 0 fully saturated rings. The zero-order valence-electron chi connectivity index (χ0n) is 14.9. The van der Waals surface area contributed by atoms with E-state index in [1.165, 1.54) is 25.4 Å². The van der Waals surface area contributed by atoms with E-state index >= 15 is 0 Å². The first-order chi connectivity index (χ1) is 13.6. The molecule has 0 aliphatic heterocycles. The average molecular weight is 371 g/mol. The zero-order valence-corrected chi connectivity index (χ0v) is 14.9. The summed E-state index contributed by atoms with van der Waals surface area (Å²) in [5.41, 5.74) is 3.00. The summed E-state index contributed by atoms with van der Waals surface area (Å²) < 4.78 is 19.5. The van der Waals surface area contributed by atoms with Crippen LogP contribution in [-0.4, -0.2) is 22.9 Å². The van der Waals surface area contributed by atoms with E-state index in [0.717, 1.165) is 11.1 Å². The maximum atomic E-state index is 14.5. The number of ketones is 1. The number of fused-ring (bicyclic) bond motifs is 1. The van der Waals surface area contributed by atoms with Gasteiger partial charge in [0.25, 0.3) is 0 Å². The fourth-order valence-electron chi connectivity index (χ4n) is 3.08. The van der Waals surface area contributed by atoms with Gasteiger partial charge in [0.2, 0.25) is 0 Å². The molecule has 0 bridgehead atoms. The van der Waals surface area contributed by atoms with Crippen molar-refractivity contribution in [2.75, 3.05) is 7.11 Å². The van der Waals surface area contributed by atoms with Crippen molar-refractivity contribution in [1.82, 2.24) is 9.97 Å². The lowest BCUT2D eigenvalue weighted by Crippen LogP contribution is -2.05. The molecule has 0 unspecified atom stereocenters. The van der Waals surface area contributed by atoms with Gasteiger partial charge in [0.05, 0.1) is 24.3 Å². The number of hydrogen-bond acceptors (Lipinski definition) is 4. The number of carbonyl (C=O) groups is 1. The highest BCUT2D eigenvalue weighted by Crippen LogP contribution is 2.28. The van der Waals surface area contributed by atoms with Crippen LogP contribution in [-0.2, 0) is 0 Å². The highest BCUT2D eigenvalue weighted by Gasteiger charge is 2.20. The summed E-state index contributed by atoms with van der Waals surface area (Å²) >= 11 is 0. The van der Waals surface area contributed by atoms with Crippen LogP contribution in [0.4, 0.5) is 4.39 Å². The van der Waals surface area contributed by atoms with Crippen molar-refractivity contribution < 1.29 is 13.9 Å². The molecule has 6 heteroatoms. The Balaban J connectivity index is 1.80. The largest absolute Gasteiger partial charge is 0.494 e. The summed E-state index contributed by atoms with van der Waals surface area (Å²) in [7, 11) is 1.35. The van der Waals surface area contributed by atoms with Crippen molar-refractivity contribution in [3.63, 3.8) is 0 Å². The molecule has 0 aliphatic carbocycles. The molecule has 136 valence electrons. The number of methoxy groups -OCH3 is 1. The van der Waals surface area contributed by atoms with E-state index in [0.29, 0.717) is 22.2 Å². The van der Waals surface area contributed by atoms with Crippen LogP contribution in [0.5, 0.6) is 5.75 Å². The smallest absolute Gasteiger partial charge is 0.198 e. The number of nitriles is 1. The normalized spacial score (nSPS) is 10.6. The molecule has 0 radical (unpaired) electrons. The van der Waals surface area contributed by atoms with Crippen LogP contribution in [0, 0.1) is 17.1 Å². The number of H-pyrrole nitrogens is 1. The van der Waals surface area contributed by atoms with Gasteiger partial charge in [-0.25, -0.2) is 9.37 Å². The third kappa shape index (κ3) is 2.89. The van der Waals surface area contributed by atoms with Crippen molar-refractivity contribution in [2.45, 2.75) is 0 Å². The Labute approximate surface area is 160 Å². The van der Waals surface area contributed by atoms with Crippen LogP contribution in [0.3, 0.4) is 0 Å². The van der Waals surface area contributed by atoms with Gasteiger partial charge in [-0.1, -0.05) is 18.2 Å². The summed E-state index contributed by atoms with van der Waals surface area (Å²) in [6.45, 7) is 0. The van der Waals surface area contributed by atoms with E-state index in [4.69, 9.17) is 10.00 Å². The number of halogens is 1. The van der Waals surface area contributed by atoms with Gasteiger partial charge in [-0.2, -0.15) is 5.26 Å². The monoisotopic (exact) mass is 371 g/mol. The number of benzene rings is 2. The summed E-state index contributed by atoms with van der Waals surface area (Å²) in [4.78, 5) is 20.3. The summed E-state index contributed by atoms with van der Waals surface area (Å²) in [6, 6.07) is 15.4. The van der Waals surface area contributed by atoms with Gasteiger partial charge in [0, 0.05) is 28.9 Å². The minimum absolute atomic E-state index is 0.0158. The topological polar surface area (TPSA) is 78.8 Å². The van der Waals surface area contributed by atoms with Crippen LogP contribution < -0.4 is 4.74 Å². The minimum atomic E-state index is -0.694. The maximum absolute atomic E-state index is 14.5. The number of pyridine rings is 1. The highest BCUT2D eigenvalue weighted by molar-refractivity contribution is 6.16. The predicted octanol–water partition coefficient (Wildman–Crippen LogP) is 4.48. The Kier molecular flexibility index (Phi) is 4.34. The number of rotatable bonds is 4. The number of hydrogen-bond donors (Lipinski definition) is 1. The van der Waals surface area contributed by atoms with Crippen molar-refractivity contribution in [1.29, 1.82) is 5.26 Å². The Morgan fingerprint density at radius 3 is 2.64 bits per heavy atom. The van der Waals surface area contributed by atoms with Crippen LogP contribution >= 0.6 is 0 Å². The first-order valence-electron chi connectivity index (χ1n) is 8.47. The summed E-state index contributed by atoms with van der Waals surface area (Å²) in [6.07, 6.45) is 3.21. The predicted molar refractivity (Wildman–Crippen MR) is 103 cm³/mol. The Morgan fingerprint density at radius 1 is 1.14 bits per heavy atom. The van der Waals surface area contributed by atoms with Gasteiger partial charge in [0.15, 0.2) is 17.3 Å². The lowest BCUT2D eigenvalue weighted by atomic mass is 10.00. The average Bonchev–Trinajstić information content (AvgIpc) is 3.16. The minimum Gasteiger partial charge on any atom is -0.494 e. The van der Waals surface area contributed by atoms with Crippen LogP contribution in [0.1, 0.15) is 21.5 Å². The van der Waals surface area contributed by atoms with Crippen LogP contribution in [0.15, 0.2) is 60.9 Å². The van der Waals surface area contributed by atoms with E-state index in [2.05, 4.69) is 16.0 Å². The van der Waals surface area contributed by atoms with Gasteiger partial charge in [-0.3, -0.25) is 4.79 Å². The molecule has 1 N–H and O–H groups in total. The molecule has 0 saturated carbocycles. The number of carbonyl (C=O) groups excluding carboxylic acids is 1. The van der Waals surface area contributed by atoms with Gasteiger partial charge >= 0.3 is 0 Å². The SMILES string of the molecule is COc1cccc(C(=O)c2c[nH]c3ncc(-c4ccc(C#N)cc4)cc23)c1F. The van der Waals surface area contributed by atoms with Crippen molar-refractivity contribution in [3.8, 4) is 22.9 Å². The highest BCUT2D eigenvalue weighted by atomic mass is 19.1. The quantitative estimate of drug-likeness (QED) is 0.537.